The normalized spacial score (nSPS) is 15.7. The molecule has 0 radical (unpaired) electrons. The van der Waals surface area contributed by atoms with Gasteiger partial charge in [0.25, 0.3) is 0 Å². The second-order valence-corrected chi connectivity index (χ2v) is 4.81. The van der Waals surface area contributed by atoms with E-state index in [9.17, 15) is 13.6 Å². The molecule has 0 aliphatic rings. The Hall–Kier alpha value is -1.49. The van der Waals surface area contributed by atoms with E-state index in [1.54, 1.807) is 6.92 Å². The van der Waals surface area contributed by atoms with Crippen molar-refractivity contribution in [1.82, 2.24) is 5.32 Å². The van der Waals surface area contributed by atoms with Crippen LogP contribution in [-0.4, -0.2) is 11.9 Å². The first kappa shape index (κ1) is 15.6. The average molecular weight is 270 g/mol. The molecule has 0 fully saturated rings. The highest BCUT2D eigenvalue weighted by Crippen LogP contribution is 2.18. The SMILES string of the molecule is CCC(C)[C@H](N)C(=O)NC(C)c1cc(F)ccc1F. The summed E-state index contributed by atoms with van der Waals surface area (Å²) in [5, 5.41) is 2.61. The van der Waals surface area contributed by atoms with Crippen molar-refractivity contribution in [2.45, 2.75) is 39.3 Å². The number of hydrogen-bond donors (Lipinski definition) is 2. The highest BCUT2D eigenvalue weighted by atomic mass is 19.1. The van der Waals surface area contributed by atoms with Crippen molar-refractivity contribution >= 4 is 5.91 Å². The van der Waals surface area contributed by atoms with E-state index in [0.29, 0.717) is 0 Å². The van der Waals surface area contributed by atoms with Crippen molar-refractivity contribution in [3.8, 4) is 0 Å². The molecule has 0 heterocycles. The van der Waals surface area contributed by atoms with Crippen molar-refractivity contribution in [3.63, 3.8) is 0 Å². The van der Waals surface area contributed by atoms with E-state index >= 15 is 0 Å². The number of nitrogens with two attached hydrogens (primary N) is 1. The van der Waals surface area contributed by atoms with Gasteiger partial charge in [0.2, 0.25) is 5.91 Å². The average Bonchev–Trinajstić information content (AvgIpc) is 2.39. The lowest BCUT2D eigenvalue weighted by Crippen LogP contribution is -2.45. The fourth-order valence-electron chi connectivity index (χ4n) is 1.75. The van der Waals surface area contributed by atoms with Gasteiger partial charge >= 0.3 is 0 Å². The molecule has 0 aliphatic carbocycles. The van der Waals surface area contributed by atoms with Gasteiger partial charge < -0.3 is 11.1 Å². The maximum absolute atomic E-state index is 13.5. The summed E-state index contributed by atoms with van der Waals surface area (Å²) in [5.74, 6) is -1.41. The lowest BCUT2D eigenvalue weighted by atomic mass is 9.98. The Balaban J connectivity index is 2.76. The number of carbonyl (C=O) groups is 1. The van der Waals surface area contributed by atoms with Crippen LogP contribution in [0.3, 0.4) is 0 Å². The summed E-state index contributed by atoms with van der Waals surface area (Å²) < 4.78 is 26.6. The molecule has 1 aromatic carbocycles. The molecule has 3 N–H and O–H groups in total. The van der Waals surface area contributed by atoms with Crippen LogP contribution in [0.4, 0.5) is 8.78 Å². The quantitative estimate of drug-likeness (QED) is 0.863. The lowest BCUT2D eigenvalue weighted by molar-refractivity contribution is -0.124. The summed E-state index contributed by atoms with van der Waals surface area (Å²) in [6.45, 7) is 5.41. The predicted molar refractivity (Wildman–Crippen MR) is 70.3 cm³/mol. The van der Waals surface area contributed by atoms with Gasteiger partial charge in [0.05, 0.1) is 12.1 Å². The summed E-state index contributed by atoms with van der Waals surface area (Å²) in [4.78, 5) is 11.9. The minimum absolute atomic E-state index is 0.0320. The fraction of sp³-hybridized carbons (Fsp3) is 0.500. The van der Waals surface area contributed by atoms with Gasteiger partial charge in [-0.3, -0.25) is 4.79 Å². The number of amides is 1. The Morgan fingerprint density at radius 1 is 1.37 bits per heavy atom. The third-order valence-electron chi connectivity index (χ3n) is 3.34. The topological polar surface area (TPSA) is 55.1 Å². The zero-order valence-corrected chi connectivity index (χ0v) is 11.4. The highest BCUT2D eigenvalue weighted by Gasteiger charge is 2.22. The zero-order chi connectivity index (χ0) is 14.6. The summed E-state index contributed by atoms with van der Waals surface area (Å²) in [6.07, 6.45) is 0.775. The van der Waals surface area contributed by atoms with E-state index in [1.165, 1.54) is 0 Å². The van der Waals surface area contributed by atoms with Crippen molar-refractivity contribution in [2.75, 3.05) is 0 Å². The van der Waals surface area contributed by atoms with E-state index in [1.807, 2.05) is 13.8 Å². The van der Waals surface area contributed by atoms with Crippen LogP contribution in [-0.2, 0) is 4.79 Å². The maximum Gasteiger partial charge on any atom is 0.237 e. The molecule has 1 rings (SSSR count). The molecule has 0 saturated carbocycles. The molecule has 0 aromatic heterocycles. The Bertz CT molecular complexity index is 451. The van der Waals surface area contributed by atoms with Crippen molar-refractivity contribution in [3.05, 3.63) is 35.4 Å². The van der Waals surface area contributed by atoms with Crippen LogP contribution in [0.5, 0.6) is 0 Å². The van der Waals surface area contributed by atoms with Crippen LogP contribution < -0.4 is 11.1 Å². The van der Waals surface area contributed by atoms with Gasteiger partial charge in [0.15, 0.2) is 0 Å². The number of halogens is 2. The van der Waals surface area contributed by atoms with E-state index < -0.39 is 23.7 Å². The van der Waals surface area contributed by atoms with Gasteiger partial charge in [0, 0.05) is 5.56 Å². The summed E-state index contributed by atoms with van der Waals surface area (Å²) >= 11 is 0. The maximum atomic E-state index is 13.5. The Kier molecular flexibility index (Phi) is 5.42. The molecule has 3 nitrogen and oxygen atoms in total. The largest absolute Gasteiger partial charge is 0.348 e. The van der Waals surface area contributed by atoms with E-state index in [-0.39, 0.29) is 17.4 Å². The standard InChI is InChI=1S/C14H20F2N2O/c1-4-8(2)13(17)14(19)18-9(3)11-7-10(15)5-6-12(11)16/h5-9,13H,4,17H2,1-3H3,(H,18,19)/t8?,9?,13-/m0/s1. The minimum atomic E-state index is -0.649. The minimum Gasteiger partial charge on any atom is -0.348 e. The van der Waals surface area contributed by atoms with Crippen LogP contribution in [0.1, 0.15) is 38.8 Å². The highest BCUT2D eigenvalue weighted by molar-refractivity contribution is 5.82. The number of nitrogens with one attached hydrogen (secondary N) is 1. The number of carbonyl (C=O) groups excluding carboxylic acids is 1. The van der Waals surface area contributed by atoms with Crippen molar-refractivity contribution < 1.29 is 13.6 Å². The second-order valence-electron chi connectivity index (χ2n) is 4.81. The monoisotopic (exact) mass is 270 g/mol. The first-order valence-corrected chi connectivity index (χ1v) is 6.37. The summed E-state index contributed by atoms with van der Waals surface area (Å²) in [5.41, 5.74) is 5.90. The van der Waals surface area contributed by atoms with Gasteiger partial charge in [-0.25, -0.2) is 8.78 Å². The molecular formula is C14H20F2N2O. The molecule has 19 heavy (non-hydrogen) atoms. The lowest BCUT2D eigenvalue weighted by Gasteiger charge is -2.21. The van der Waals surface area contributed by atoms with Crippen LogP contribution in [0.25, 0.3) is 0 Å². The number of rotatable bonds is 5. The van der Waals surface area contributed by atoms with Crippen LogP contribution >= 0.6 is 0 Å². The molecular weight excluding hydrogens is 250 g/mol. The Morgan fingerprint density at radius 2 is 2.00 bits per heavy atom. The molecule has 0 bridgehead atoms. The first-order chi connectivity index (χ1) is 8.86. The molecule has 5 heteroatoms. The molecule has 106 valence electrons. The van der Waals surface area contributed by atoms with Gasteiger partial charge in [-0.2, -0.15) is 0 Å². The van der Waals surface area contributed by atoms with E-state index in [0.717, 1.165) is 24.6 Å². The third-order valence-corrected chi connectivity index (χ3v) is 3.34. The van der Waals surface area contributed by atoms with Crippen LogP contribution in [0.2, 0.25) is 0 Å². The predicted octanol–water partition coefficient (Wildman–Crippen LogP) is 2.52. The third kappa shape index (κ3) is 3.99. The van der Waals surface area contributed by atoms with Crippen molar-refractivity contribution in [1.29, 1.82) is 0 Å². The molecule has 2 unspecified atom stereocenters. The molecule has 0 aliphatic heterocycles. The van der Waals surface area contributed by atoms with E-state index in [4.69, 9.17) is 5.73 Å². The molecule has 1 amide bonds. The fourth-order valence-corrected chi connectivity index (χ4v) is 1.75. The van der Waals surface area contributed by atoms with Gasteiger partial charge in [-0.05, 0) is 31.0 Å². The molecule has 1 aromatic rings. The van der Waals surface area contributed by atoms with Gasteiger partial charge in [-0.1, -0.05) is 20.3 Å². The van der Waals surface area contributed by atoms with Gasteiger partial charge in [-0.15, -0.1) is 0 Å². The molecule has 3 atom stereocenters. The second kappa shape index (κ2) is 6.61. The summed E-state index contributed by atoms with van der Waals surface area (Å²) in [7, 11) is 0. The zero-order valence-electron chi connectivity index (χ0n) is 11.4. The number of hydrogen-bond acceptors (Lipinski definition) is 2. The first-order valence-electron chi connectivity index (χ1n) is 6.37. The smallest absolute Gasteiger partial charge is 0.237 e. The van der Waals surface area contributed by atoms with Crippen LogP contribution in [0.15, 0.2) is 18.2 Å². The van der Waals surface area contributed by atoms with E-state index in [2.05, 4.69) is 5.32 Å². The van der Waals surface area contributed by atoms with Crippen molar-refractivity contribution in [2.24, 2.45) is 11.7 Å². The Labute approximate surface area is 112 Å². The molecule has 0 saturated heterocycles. The summed E-state index contributed by atoms with van der Waals surface area (Å²) in [6, 6.07) is 1.89. The Morgan fingerprint density at radius 3 is 2.58 bits per heavy atom. The van der Waals surface area contributed by atoms with Gasteiger partial charge in [0.1, 0.15) is 11.6 Å². The van der Waals surface area contributed by atoms with Crippen LogP contribution in [0, 0.1) is 17.6 Å². The molecule has 0 spiro atoms. The number of benzene rings is 1.